The standard InChI is InChI=1S/C13H25N3O4S/c1-4-20-13(17)12-6-5-7-16(12)21(18,19)15-8-10(2)14-11(3)9-15/h10-12,14H,4-9H2,1-3H3. The molecule has 8 heteroatoms. The molecule has 0 spiro atoms. The fourth-order valence-electron chi connectivity index (χ4n) is 3.10. The number of nitrogens with zero attached hydrogens (tertiary/aromatic N) is 2. The summed E-state index contributed by atoms with van der Waals surface area (Å²) in [6, 6.07) is -0.463. The van der Waals surface area contributed by atoms with E-state index in [1.807, 2.05) is 13.8 Å². The van der Waals surface area contributed by atoms with Crippen LogP contribution < -0.4 is 5.32 Å². The Morgan fingerprint density at radius 2 is 1.90 bits per heavy atom. The van der Waals surface area contributed by atoms with Gasteiger partial charge in [0.05, 0.1) is 6.61 Å². The van der Waals surface area contributed by atoms with Crippen LogP contribution >= 0.6 is 0 Å². The van der Waals surface area contributed by atoms with Crippen LogP contribution in [0.5, 0.6) is 0 Å². The molecule has 0 radical (unpaired) electrons. The van der Waals surface area contributed by atoms with Gasteiger partial charge in [-0.15, -0.1) is 0 Å². The number of esters is 1. The van der Waals surface area contributed by atoms with Crippen LogP contribution in [0.4, 0.5) is 0 Å². The van der Waals surface area contributed by atoms with Gasteiger partial charge >= 0.3 is 5.97 Å². The van der Waals surface area contributed by atoms with E-state index in [2.05, 4.69) is 5.32 Å². The molecule has 0 aromatic heterocycles. The Balaban J connectivity index is 2.16. The van der Waals surface area contributed by atoms with Crippen LogP contribution in [0.15, 0.2) is 0 Å². The predicted molar refractivity (Wildman–Crippen MR) is 78.9 cm³/mol. The number of nitrogens with one attached hydrogen (secondary N) is 1. The molecule has 3 atom stereocenters. The fraction of sp³-hybridized carbons (Fsp3) is 0.923. The lowest BCUT2D eigenvalue weighted by Gasteiger charge is -2.38. The minimum Gasteiger partial charge on any atom is -0.465 e. The molecule has 0 aliphatic carbocycles. The Kier molecular flexibility index (Phi) is 5.24. The molecule has 21 heavy (non-hydrogen) atoms. The summed E-state index contributed by atoms with van der Waals surface area (Å²) in [4.78, 5) is 12.0. The summed E-state index contributed by atoms with van der Waals surface area (Å²) in [5, 5.41) is 3.31. The van der Waals surface area contributed by atoms with Gasteiger partial charge in [0.25, 0.3) is 10.2 Å². The van der Waals surface area contributed by atoms with Gasteiger partial charge in [0.2, 0.25) is 0 Å². The molecule has 7 nitrogen and oxygen atoms in total. The number of hydrogen-bond donors (Lipinski definition) is 1. The number of carbonyl (C=O) groups excluding carboxylic acids is 1. The molecule has 122 valence electrons. The van der Waals surface area contributed by atoms with Gasteiger partial charge in [0, 0.05) is 31.7 Å². The van der Waals surface area contributed by atoms with Gasteiger partial charge in [0.15, 0.2) is 0 Å². The molecule has 2 saturated heterocycles. The lowest BCUT2D eigenvalue weighted by atomic mass is 10.2. The molecule has 2 heterocycles. The highest BCUT2D eigenvalue weighted by Crippen LogP contribution is 2.25. The third-order valence-corrected chi connectivity index (χ3v) is 5.89. The Hall–Kier alpha value is -0.700. The Labute approximate surface area is 126 Å². The van der Waals surface area contributed by atoms with Gasteiger partial charge in [-0.3, -0.25) is 4.79 Å². The average Bonchev–Trinajstić information content (AvgIpc) is 2.87. The SMILES string of the molecule is CCOC(=O)C1CCCN1S(=O)(=O)N1CC(C)NC(C)C1. The summed E-state index contributed by atoms with van der Waals surface area (Å²) >= 11 is 0. The summed E-state index contributed by atoms with van der Waals surface area (Å²) < 4.78 is 33.4. The van der Waals surface area contributed by atoms with E-state index in [0.717, 1.165) is 0 Å². The van der Waals surface area contributed by atoms with E-state index < -0.39 is 22.2 Å². The van der Waals surface area contributed by atoms with E-state index in [1.165, 1.54) is 8.61 Å². The van der Waals surface area contributed by atoms with Crippen molar-refractivity contribution in [2.45, 2.75) is 51.7 Å². The van der Waals surface area contributed by atoms with E-state index >= 15 is 0 Å². The normalized spacial score (nSPS) is 32.2. The molecule has 1 N–H and O–H groups in total. The maximum Gasteiger partial charge on any atom is 0.324 e. The predicted octanol–water partition coefficient (Wildman–Crippen LogP) is -0.0591. The summed E-state index contributed by atoms with van der Waals surface area (Å²) in [6.45, 7) is 7.17. The summed E-state index contributed by atoms with van der Waals surface area (Å²) in [5.41, 5.74) is 0. The lowest BCUT2D eigenvalue weighted by Crippen LogP contribution is -2.59. The van der Waals surface area contributed by atoms with Crippen LogP contribution in [0.25, 0.3) is 0 Å². The Morgan fingerprint density at radius 1 is 1.29 bits per heavy atom. The second-order valence-corrected chi connectivity index (χ2v) is 7.70. The molecular formula is C13H25N3O4S. The Bertz CT molecular complexity index is 472. The Morgan fingerprint density at radius 3 is 2.48 bits per heavy atom. The van der Waals surface area contributed by atoms with Gasteiger partial charge in [-0.1, -0.05) is 0 Å². The third-order valence-electron chi connectivity index (χ3n) is 3.91. The summed E-state index contributed by atoms with van der Waals surface area (Å²) in [5.74, 6) is -0.435. The number of piperazine rings is 1. The van der Waals surface area contributed by atoms with Crippen molar-refractivity contribution in [3.05, 3.63) is 0 Å². The van der Waals surface area contributed by atoms with Crippen LogP contribution in [-0.4, -0.2) is 67.4 Å². The van der Waals surface area contributed by atoms with Crippen LogP contribution in [0.1, 0.15) is 33.6 Å². The quantitative estimate of drug-likeness (QED) is 0.735. The highest BCUT2D eigenvalue weighted by Gasteiger charge is 2.43. The first kappa shape index (κ1) is 16.7. The molecule has 0 aromatic rings. The van der Waals surface area contributed by atoms with Crippen molar-refractivity contribution in [1.82, 2.24) is 13.9 Å². The van der Waals surface area contributed by atoms with E-state index in [-0.39, 0.29) is 18.7 Å². The molecular weight excluding hydrogens is 294 g/mol. The zero-order valence-corrected chi connectivity index (χ0v) is 13.7. The summed E-state index contributed by atoms with van der Waals surface area (Å²) in [7, 11) is -3.61. The zero-order valence-electron chi connectivity index (χ0n) is 12.9. The topological polar surface area (TPSA) is 79.0 Å². The molecule has 0 aromatic carbocycles. The van der Waals surface area contributed by atoms with E-state index in [4.69, 9.17) is 4.74 Å². The number of hydrogen-bond acceptors (Lipinski definition) is 5. The smallest absolute Gasteiger partial charge is 0.324 e. The second-order valence-electron chi connectivity index (χ2n) is 5.81. The van der Waals surface area contributed by atoms with Crippen LogP contribution in [-0.2, 0) is 19.7 Å². The molecule has 3 unspecified atom stereocenters. The van der Waals surface area contributed by atoms with Gasteiger partial charge in [0.1, 0.15) is 6.04 Å². The lowest BCUT2D eigenvalue weighted by molar-refractivity contribution is -0.146. The van der Waals surface area contributed by atoms with Gasteiger partial charge in [-0.25, -0.2) is 0 Å². The van der Waals surface area contributed by atoms with Crippen molar-refractivity contribution < 1.29 is 17.9 Å². The van der Waals surface area contributed by atoms with Gasteiger partial charge < -0.3 is 10.1 Å². The maximum absolute atomic E-state index is 12.8. The van der Waals surface area contributed by atoms with Crippen LogP contribution in [0.2, 0.25) is 0 Å². The number of rotatable bonds is 4. The van der Waals surface area contributed by atoms with Crippen LogP contribution in [0, 0.1) is 0 Å². The first-order valence-corrected chi connectivity index (χ1v) is 8.95. The van der Waals surface area contributed by atoms with Crippen molar-refractivity contribution in [2.75, 3.05) is 26.2 Å². The highest BCUT2D eigenvalue weighted by molar-refractivity contribution is 7.86. The fourth-order valence-corrected chi connectivity index (χ4v) is 5.10. The van der Waals surface area contributed by atoms with Crippen molar-refractivity contribution in [1.29, 1.82) is 0 Å². The van der Waals surface area contributed by atoms with Crippen molar-refractivity contribution in [3.8, 4) is 0 Å². The molecule has 0 bridgehead atoms. The average molecular weight is 319 g/mol. The largest absolute Gasteiger partial charge is 0.465 e. The molecule has 0 amide bonds. The molecule has 2 rings (SSSR count). The number of ether oxygens (including phenoxy) is 1. The maximum atomic E-state index is 12.8. The number of carbonyl (C=O) groups is 1. The van der Waals surface area contributed by atoms with Crippen molar-refractivity contribution >= 4 is 16.2 Å². The molecule has 0 saturated carbocycles. The van der Waals surface area contributed by atoms with E-state index in [9.17, 15) is 13.2 Å². The molecule has 2 fully saturated rings. The monoisotopic (exact) mass is 319 g/mol. The van der Waals surface area contributed by atoms with E-state index in [0.29, 0.717) is 32.5 Å². The van der Waals surface area contributed by atoms with Gasteiger partial charge in [-0.05, 0) is 33.6 Å². The van der Waals surface area contributed by atoms with Crippen molar-refractivity contribution in [2.24, 2.45) is 0 Å². The highest BCUT2D eigenvalue weighted by atomic mass is 32.2. The third kappa shape index (κ3) is 3.56. The zero-order chi connectivity index (χ0) is 15.6. The first-order chi connectivity index (χ1) is 9.86. The second kappa shape index (κ2) is 6.60. The first-order valence-electron chi connectivity index (χ1n) is 7.55. The van der Waals surface area contributed by atoms with E-state index in [1.54, 1.807) is 6.92 Å². The van der Waals surface area contributed by atoms with Crippen LogP contribution in [0.3, 0.4) is 0 Å². The minimum absolute atomic E-state index is 0.104. The van der Waals surface area contributed by atoms with Gasteiger partial charge in [-0.2, -0.15) is 17.0 Å². The minimum atomic E-state index is -3.61. The molecule has 2 aliphatic heterocycles. The molecule has 2 aliphatic rings. The summed E-state index contributed by atoms with van der Waals surface area (Å²) in [6.07, 6.45) is 1.23. The van der Waals surface area contributed by atoms with Crippen molar-refractivity contribution in [3.63, 3.8) is 0 Å².